The highest BCUT2D eigenvalue weighted by atomic mass is 35.5. The minimum atomic E-state index is -1.09. The normalized spacial score (nSPS) is 13.8. The summed E-state index contributed by atoms with van der Waals surface area (Å²) in [6.45, 7) is 5.19. The maximum atomic E-state index is 11.7. The van der Waals surface area contributed by atoms with Crippen LogP contribution in [0.3, 0.4) is 0 Å². The van der Waals surface area contributed by atoms with Crippen LogP contribution in [0.15, 0.2) is 0 Å². The van der Waals surface area contributed by atoms with Crippen molar-refractivity contribution in [3.8, 4) is 0 Å². The lowest BCUT2D eigenvalue weighted by Crippen LogP contribution is -2.50. The Labute approximate surface area is 111 Å². The van der Waals surface area contributed by atoms with Gasteiger partial charge in [0.2, 0.25) is 11.8 Å². The first kappa shape index (κ1) is 16.7. The molecule has 0 bridgehead atoms. The van der Waals surface area contributed by atoms with E-state index in [1.54, 1.807) is 0 Å². The quantitative estimate of drug-likeness (QED) is 0.586. The zero-order valence-electron chi connectivity index (χ0n) is 10.7. The van der Waals surface area contributed by atoms with Gasteiger partial charge in [-0.15, -0.1) is 11.6 Å². The van der Waals surface area contributed by atoms with Crippen molar-refractivity contribution >= 4 is 29.4 Å². The first-order valence-corrected chi connectivity index (χ1v) is 6.19. The Kier molecular flexibility index (Phi) is 7.35. The Bertz CT molecular complexity index is 320. The van der Waals surface area contributed by atoms with Crippen LogP contribution in [0.1, 0.15) is 27.2 Å². The monoisotopic (exact) mass is 278 g/mol. The molecule has 0 fully saturated rings. The molecule has 18 heavy (non-hydrogen) atoms. The molecule has 2 atom stereocenters. The third-order valence-electron chi connectivity index (χ3n) is 2.21. The topological polar surface area (TPSA) is 95.5 Å². The van der Waals surface area contributed by atoms with Crippen LogP contribution in [-0.2, 0) is 14.4 Å². The van der Waals surface area contributed by atoms with Crippen LogP contribution in [0.5, 0.6) is 0 Å². The first-order valence-electron chi connectivity index (χ1n) is 5.66. The van der Waals surface area contributed by atoms with Crippen molar-refractivity contribution in [2.24, 2.45) is 5.92 Å². The summed E-state index contributed by atoms with van der Waals surface area (Å²) in [6, 6.07) is -1.77. The van der Waals surface area contributed by atoms with Crippen molar-refractivity contribution in [1.29, 1.82) is 0 Å². The van der Waals surface area contributed by atoms with Crippen molar-refractivity contribution < 1.29 is 19.5 Å². The molecule has 0 aromatic carbocycles. The first-order chi connectivity index (χ1) is 8.27. The number of carbonyl (C=O) groups is 3. The molecular weight excluding hydrogens is 260 g/mol. The summed E-state index contributed by atoms with van der Waals surface area (Å²) in [5, 5.41) is 13.7. The van der Waals surface area contributed by atoms with E-state index in [0.29, 0.717) is 6.42 Å². The number of hydrogen-bond acceptors (Lipinski definition) is 3. The second-order valence-electron chi connectivity index (χ2n) is 4.45. The average Bonchev–Trinajstić information content (AvgIpc) is 2.26. The molecule has 0 aliphatic rings. The minimum Gasteiger partial charge on any atom is -0.480 e. The highest BCUT2D eigenvalue weighted by Crippen LogP contribution is 2.05. The fourth-order valence-electron chi connectivity index (χ4n) is 1.34. The van der Waals surface area contributed by atoms with Crippen LogP contribution in [0.25, 0.3) is 0 Å². The highest BCUT2D eigenvalue weighted by Gasteiger charge is 2.24. The van der Waals surface area contributed by atoms with E-state index in [2.05, 4.69) is 10.6 Å². The number of rotatable bonds is 7. The number of carbonyl (C=O) groups excluding carboxylic acids is 2. The highest BCUT2D eigenvalue weighted by molar-refractivity contribution is 6.27. The zero-order chi connectivity index (χ0) is 14.3. The van der Waals surface area contributed by atoms with Crippen molar-refractivity contribution in [2.75, 3.05) is 5.88 Å². The van der Waals surface area contributed by atoms with E-state index >= 15 is 0 Å². The molecule has 6 nitrogen and oxygen atoms in total. The Balaban J connectivity index is 4.41. The van der Waals surface area contributed by atoms with Gasteiger partial charge in [0.25, 0.3) is 0 Å². The largest absolute Gasteiger partial charge is 0.480 e. The fourth-order valence-corrected chi connectivity index (χ4v) is 1.41. The maximum absolute atomic E-state index is 11.7. The average molecular weight is 279 g/mol. The van der Waals surface area contributed by atoms with Crippen LogP contribution in [-0.4, -0.2) is 40.9 Å². The lowest BCUT2D eigenvalue weighted by atomic mass is 10.0. The van der Waals surface area contributed by atoms with Crippen LogP contribution >= 0.6 is 11.6 Å². The van der Waals surface area contributed by atoms with Gasteiger partial charge in [0.15, 0.2) is 0 Å². The van der Waals surface area contributed by atoms with Crippen molar-refractivity contribution in [3.05, 3.63) is 0 Å². The lowest BCUT2D eigenvalue weighted by Gasteiger charge is -2.19. The third-order valence-corrected chi connectivity index (χ3v) is 2.46. The van der Waals surface area contributed by atoms with Crippen LogP contribution < -0.4 is 10.6 Å². The van der Waals surface area contributed by atoms with Gasteiger partial charge in [-0.25, -0.2) is 4.79 Å². The number of hydrogen-bond donors (Lipinski definition) is 3. The third kappa shape index (κ3) is 6.44. The van der Waals surface area contributed by atoms with Gasteiger partial charge in [-0.05, 0) is 19.3 Å². The Morgan fingerprint density at radius 3 is 2.11 bits per heavy atom. The Morgan fingerprint density at radius 2 is 1.72 bits per heavy atom. The van der Waals surface area contributed by atoms with Gasteiger partial charge in [-0.1, -0.05) is 13.8 Å². The molecule has 0 spiro atoms. The molecule has 0 saturated heterocycles. The molecule has 7 heteroatoms. The maximum Gasteiger partial charge on any atom is 0.326 e. The van der Waals surface area contributed by atoms with E-state index in [0.717, 1.165) is 0 Å². The van der Waals surface area contributed by atoms with E-state index in [1.807, 2.05) is 13.8 Å². The summed E-state index contributed by atoms with van der Waals surface area (Å²) >= 11 is 5.29. The number of halogens is 1. The van der Waals surface area contributed by atoms with Crippen molar-refractivity contribution in [2.45, 2.75) is 39.3 Å². The summed E-state index contributed by atoms with van der Waals surface area (Å²) in [4.78, 5) is 33.6. The fraction of sp³-hybridized carbons (Fsp3) is 0.727. The SMILES string of the molecule is CC(C)C[C@H](NC(=O)[C@H](C)NC(=O)CCl)C(=O)O. The van der Waals surface area contributed by atoms with E-state index in [1.165, 1.54) is 6.92 Å². The predicted octanol–water partition coefficient (Wildman–Crippen LogP) is 0.345. The summed E-state index contributed by atoms with van der Waals surface area (Å²) in [6.07, 6.45) is 0.331. The molecular formula is C11H19ClN2O4. The second-order valence-corrected chi connectivity index (χ2v) is 4.72. The van der Waals surface area contributed by atoms with Crippen molar-refractivity contribution in [1.82, 2.24) is 10.6 Å². The molecule has 0 radical (unpaired) electrons. The van der Waals surface area contributed by atoms with Gasteiger partial charge in [-0.2, -0.15) is 0 Å². The minimum absolute atomic E-state index is 0.138. The Hall–Kier alpha value is -1.30. The zero-order valence-corrected chi connectivity index (χ0v) is 11.5. The second kappa shape index (κ2) is 7.92. The number of nitrogens with one attached hydrogen (secondary N) is 2. The molecule has 0 rings (SSSR count). The number of alkyl halides is 1. The molecule has 0 heterocycles. The molecule has 104 valence electrons. The van der Waals surface area contributed by atoms with Gasteiger partial charge in [0.05, 0.1) is 0 Å². The summed E-state index contributed by atoms with van der Waals surface area (Å²) in [7, 11) is 0. The molecule has 0 aliphatic heterocycles. The summed E-state index contributed by atoms with van der Waals surface area (Å²) < 4.78 is 0. The van der Waals surface area contributed by atoms with Gasteiger partial charge in [-0.3, -0.25) is 9.59 Å². The van der Waals surface area contributed by atoms with Crippen LogP contribution in [0.2, 0.25) is 0 Å². The number of carboxylic acids is 1. The standard InChI is InChI=1S/C11H19ClN2O4/c1-6(2)4-8(11(17)18)14-10(16)7(3)13-9(15)5-12/h6-8H,4-5H2,1-3H3,(H,13,15)(H,14,16)(H,17,18)/t7-,8-/m0/s1. The molecule has 0 aromatic heterocycles. The van der Waals surface area contributed by atoms with Crippen LogP contribution in [0, 0.1) is 5.92 Å². The smallest absolute Gasteiger partial charge is 0.326 e. The molecule has 0 saturated carbocycles. The van der Waals surface area contributed by atoms with Gasteiger partial charge in [0.1, 0.15) is 18.0 Å². The van der Waals surface area contributed by atoms with Crippen LogP contribution in [0.4, 0.5) is 0 Å². The molecule has 0 aromatic rings. The van der Waals surface area contributed by atoms with E-state index in [-0.39, 0.29) is 11.8 Å². The number of carboxylic acid groups (broad SMARTS) is 1. The predicted molar refractivity (Wildman–Crippen MR) is 67.3 cm³/mol. The molecule has 3 N–H and O–H groups in total. The Morgan fingerprint density at radius 1 is 1.17 bits per heavy atom. The van der Waals surface area contributed by atoms with Gasteiger partial charge < -0.3 is 15.7 Å². The summed E-state index contributed by atoms with van der Waals surface area (Å²) in [5.74, 6) is -2.21. The number of aliphatic carboxylic acids is 1. The lowest BCUT2D eigenvalue weighted by molar-refractivity contribution is -0.142. The van der Waals surface area contributed by atoms with Gasteiger partial charge >= 0.3 is 5.97 Å². The summed E-state index contributed by atoms with van der Waals surface area (Å²) in [5.41, 5.74) is 0. The van der Waals surface area contributed by atoms with E-state index in [4.69, 9.17) is 16.7 Å². The number of amides is 2. The molecule has 0 aliphatic carbocycles. The van der Waals surface area contributed by atoms with E-state index < -0.39 is 29.9 Å². The van der Waals surface area contributed by atoms with Crippen molar-refractivity contribution in [3.63, 3.8) is 0 Å². The van der Waals surface area contributed by atoms with Gasteiger partial charge in [0, 0.05) is 0 Å². The molecule has 2 amide bonds. The molecule has 0 unspecified atom stereocenters. The van der Waals surface area contributed by atoms with E-state index in [9.17, 15) is 14.4 Å².